The van der Waals surface area contributed by atoms with E-state index in [0.717, 1.165) is 25.2 Å². The normalized spacial score (nSPS) is 34.8. The molecule has 2 fully saturated rings. The third-order valence-electron chi connectivity index (χ3n) is 7.97. The van der Waals surface area contributed by atoms with Gasteiger partial charge in [-0.3, -0.25) is 4.79 Å². The molecule has 7 N–H and O–H groups in total. The topological polar surface area (TPSA) is 186 Å². The fourth-order valence-electron chi connectivity index (χ4n) is 5.33. The van der Waals surface area contributed by atoms with Crippen molar-refractivity contribution >= 4 is 5.97 Å². The number of carbonyl (C=O) groups excluding carboxylic acids is 1. The van der Waals surface area contributed by atoms with Gasteiger partial charge in [-0.2, -0.15) is 0 Å². The SMILES string of the molecule is CC(C)CCCCCCCCCCCCCCC(=O)O[C@@H]1[C@@H](O)[C@@H](O)[C@@H](O)[C@H](O)[C@H]1O[C@@H]1OC[C@@H](O)[C@H](O)[C@H]1O. The van der Waals surface area contributed by atoms with E-state index >= 15 is 0 Å². The average molecular weight is 579 g/mol. The van der Waals surface area contributed by atoms with Gasteiger partial charge in [0, 0.05) is 6.42 Å². The maximum absolute atomic E-state index is 12.5. The third-order valence-corrected chi connectivity index (χ3v) is 7.97. The first kappa shape index (κ1) is 35.3. The van der Waals surface area contributed by atoms with Gasteiger partial charge >= 0.3 is 5.97 Å². The highest BCUT2D eigenvalue weighted by molar-refractivity contribution is 5.69. The first-order valence-corrected chi connectivity index (χ1v) is 15.3. The van der Waals surface area contributed by atoms with Crippen LogP contribution < -0.4 is 0 Å². The van der Waals surface area contributed by atoms with Gasteiger partial charge in [0.05, 0.1) is 6.61 Å². The van der Waals surface area contributed by atoms with Gasteiger partial charge in [-0.05, 0) is 12.3 Å². The van der Waals surface area contributed by atoms with E-state index in [2.05, 4.69) is 13.8 Å². The Kier molecular flexibility index (Phi) is 16.4. The molecule has 0 bridgehead atoms. The number of aliphatic hydroxyl groups is 7. The molecule has 0 unspecified atom stereocenters. The second-order valence-electron chi connectivity index (χ2n) is 11.9. The van der Waals surface area contributed by atoms with Crippen molar-refractivity contribution < 1.29 is 54.8 Å². The Morgan fingerprint density at radius 3 is 1.65 bits per heavy atom. The molecule has 0 amide bonds. The molecular weight excluding hydrogens is 524 g/mol. The predicted molar refractivity (Wildman–Crippen MR) is 146 cm³/mol. The highest BCUT2D eigenvalue weighted by Gasteiger charge is 2.53. The van der Waals surface area contributed by atoms with Crippen molar-refractivity contribution in [3.05, 3.63) is 0 Å². The average Bonchev–Trinajstić information content (AvgIpc) is 2.92. The summed E-state index contributed by atoms with van der Waals surface area (Å²) in [6.45, 7) is 4.17. The summed E-state index contributed by atoms with van der Waals surface area (Å²) < 4.78 is 16.0. The largest absolute Gasteiger partial charge is 0.457 e. The summed E-state index contributed by atoms with van der Waals surface area (Å²) in [6, 6.07) is 0. The summed E-state index contributed by atoms with van der Waals surface area (Å²) in [6.07, 6.45) is -1.34. The lowest BCUT2D eigenvalue weighted by atomic mass is 9.84. The van der Waals surface area contributed by atoms with E-state index in [1.165, 1.54) is 57.8 Å². The van der Waals surface area contributed by atoms with Crippen LogP contribution >= 0.6 is 0 Å². The molecule has 40 heavy (non-hydrogen) atoms. The number of hydrogen-bond acceptors (Lipinski definition) is 11. The van der Waals surface area contributed by atoms with Crippen LogP contribution in [0.5, 0.6) is 0 Å². The molecule has 10 atom stereocenters. The molecule has 0 radical (unpaired) electrons. The van der Waals surface area contributed by atoms with Gasteiger partial charge in [-0.1, -0.05) is 90.9 Å². The van der Waals surface area contributed by atoms with Crippen molar-refractivity contribution in [1.29, 1.82) is 0 Å². The molecule has 0 aromatic heterocycles. The van der Waals surface area contributed by atoms with Crippen LogP contribution in [-0.2, 0) is 19.0 Å². The highest BCUT2D eigenvalue weighted by Crippen LogP contribution is 2.30. The Morgan fingerprint density at radius 1 is 0.650 bits per heavy atom. The molecule has 1 aliphatic carbocycles. The first-order chi connectivity index (χ1) is 19.0. The number of carbonyl (C=O) groups is 1. The quantitative estimate of drug-likeness (QED) is 0.0918. The van der Waals surface area contributed by atoms with E-state index < -0.39 is 67.2 Å². The predicted octanol–water partition coefficient (Wildman–Crippen LogP) is 1.30. The molecule has 0 spiro atoms. The fraction of sp³-hybridized carbons (Fsp3) is 0.966. The number of rotatable bonds is 18. The smallest absolute Gasteiger partial charge is 0.306 e. The minimum absolute atomic E-state index is 0.0644. The van der Waals surface area contributed by atoms with Crippen LogP contribution in [0, 0.1) is 5.92 Å². The second-order valence-corrected chi connectivity index (χ2v) is 11.9. The van der Waals surface area contributed by atoms with E-state index in [1.54, 1.807) is 0 Å². The van der Waals surface area contributed by atoms with Crippen molar-refractivity contribution in [2.75, 3.05) is 6.61 Å². The van der Waals surface area contributed by atoms with Crippen molar-refractivity contribution in [3.8, 4) is 0 Å². The zero-order valence-corrected chi connectivity index (χ0v) is 24.2. The number of aliphatic hydroxyl groups excluding tert-OH is 7. The lowest BCUT2D eigenvalue weighted by Gasteiger charge is -2.45. The molecular formula is C29H54O11. The first-order valence-electron chi connectivity index (χ1n) is 15.3. The third kappa shape index (κ3) is 11.4. The van der Waals surface area contributed by atoms with Crippen LogP contribution in [0.4, 0.5) is 0 Å². The Labute approximate surface area is 238 Å². The summed E-state index contributed by atoms with van der Waals surface area (Å²) in [5.41, 5.74) is 0. The Morgan fingerprint density at radius 2 is 1.12 bits per heavy atom. The van der Waals surface area contributed by atoms with Crippen LogP contribution in [0.3, 0.4) is 0 Å². The Balaban J connectivity index is 1.66. The molecule has 11 nitrogen and oxygen atoms in total. The molecule has 2 aliphatic rings. The maximum Gasteiger partial charge on any atom is 0.306 e. The van der Waals surface area contributed by atoms with Gasteiger partial charge in [-0.15, -0.1) is 0 Å². The number of hydrogen-bond donors (Lipinski definition) is 7. The van der Waals surface area contributed by atoms with E-state index in [-0.39, 0.29) is 13.0 Å². The molecule has 2 rings (SSSR count). The van der Waals surface area contributed by atoms with Crippen molar-refractivity contribution in [1.82, 2.24) is 0 Å². The van der Waals surface area contributed by atoms with E-state index in [1.807, 2.05) is 0 Å². The fourth-order valence-corrected chi connectivity index (χ4v) is 5.33. The van der Waals surface area contributed by atoms with Crippen LogP contribution in [0.2, 0.25) is 0 Å². The lowest BCUT2D eigenvalue weighted by molar-refractivity contribution is -0.322. The van der Waals surface area contributed by atoms with Gasteiger partial charge in [-0.25, -0.2) is 0 Å². The molecule has 1 aliphatic heterocycles. The highest BCUT2D eigenvalue weighted by atomic mass is 16.7. The summed E-state index contributed by atoms with van der Waals surface area (Å²) in [5.74, 6) is 0.133. The van der Waals surface area contributed by atoms with Crippen LogP contribution in [0.1, 0.15) is 104 Å². The van der Waals surface area contributed by atoms with Gasteiger partial charge in [0.25, 0.3) is 0 Å². The van der Waals surface area contributed by atoms with E-state index in [9.17, 15) is 40.5 Å². The monoisotopic (exact) mass is 578 g/mol. The molecule has 236 valence electrons. The molecule has 1 saturated carbocycles. The zero-order valence-electron chi connectivity index (χ0n) is 24.2. The molecule has 0 aromatic carbocycles. The van der Waals surface area contributed by atoms with Gasteiger partial charge in [0.2, 0.25) is 0 Å². The van der Waals surface area contributed by atoms with Crippen molar-refractivity contribution in [2.45, 2.75) is 165 Å². The minimum atomic E-state index is -1.82. The molecule has 0 aromatic rings. The maximum atomic E-state index is 12.5. The molecule has 1 heterocycles. The Bertz CT molecular complexity index is 693. The van der Waals surface area contributed by atoms with Gasteiger partial charge in [0.1, 0.15) is 48.8 Å². The zero-order chi connectivity index (χ0) is 29.7. The second kappa shape index (κ2) is 18.6. The number of unbranched alkanes of at least 4 members (excludes halogenated alkanes) is 11. The minimum Gasteiger partial charge on any atom is -0.457 e. The summed E-state index contributed by atoms with van der Waals surface area (Å²) >= 11 is 0. The number of ether oxygens (including phenoxy) is 3. The van der Waals surface area contributed by atoms with Crippen LogP contribution in [0.15, 0.2) is 0 Å². The van der Waals surface area contributed by atoms with Gasteiger partial charge in [0.15, 0.2) is 12.4 Å². The van der Waals surface area contributed by atoms with Crippen molar-refractivity contribution in [2.24, 2.45) is 5.92 Å². The summed E-state index contributed by atoms with van der Waals surface area (Å²) in [7, 11) is 0. The summed E-state index contributed by atoms with van der Waals surface area (Å²) in [4.78, 5) is 12.5. The summed E-state index contributed by atoms with van der Waals surface area (Å²) in [5, 5.41) is 70.8. The lowest BCUT2D eigenvalue weighted by Crippen LogP contribution is -2.67. The standard InChI is InChI=1S/C29H54O11/c1-18(2)15-13-11-9-7-5-3-4-6-8-10-12-14-16-20(31)39-27-24(35)22(33)23(34)25(36)28(27)40-29-26(37)21(32)19(30)17-38-29/h18-19,21-30,32-37H,3-17H2,1-2H3/t19-,21+,22+,23-,24+,25+,26-,27-,28-,29+/m1/s1. The molecule has 11 heteroatoms. The van der Waals surface area contributed by atoms with Crippen LogP contribution in [-0.4, -0.2) is 110 Å². The van der Waals surface area contributed by atoms with Crippen molar-refractivity contribution in [3.63, 3.8) is 0 Å². The van der Waals surface area contributed by atoms with Crippen LogP contribution in [0.25, 0.3) is 0 Å². The van der Waals surface area contributed by atoms with E-state index in [0.29, 0.717) is 6.42 Å². The van der Waals surface area contributed by atoms with Gasteiger partial charge < -0.3 is 50.0 Å². The number of esters is 1. The Hall–Kier alpha value is -0.890. The molecule has 1 saturated heterocycles. The van der Waals surface area contributed by atoms with E-state index in [4.69, 9.17) is 14.2 Å².